The van der Waals surface area contributed by atoms with Gasteiger partial charge < -0.3 is 15.5 Å². The summed E-state index contributed by atoms with van der Waals surface area (Å²) in [6.45, 7) is 0. The summed E-state index contributed by atoms with van der Waals surface area (Å²) in [4.78, 5) is 21.5. The summed E-state index contributed by atoms with van der Waals surface area (Å²) in [5.41, 5.74) is 0. The fourth-order valence-electron chi connectivity index (χ4n) is 1.82. The minimum absolute atomic E-state index is 0.00930. The van der Waals surface area contributed by atoms with E-state index in [9.17, 15) is 14.7 Å². The zero-order chi connectivity index (χ0) is 11.3. The second-order valence-electron chi connectivity index (χ2n) is 3.98. The molecule has 1 rings (SSSR count). The number of carboxylic acid groups (broad SMARTS) is 1. The molecular formula is C10H17NO4. The van der Waals surface area contributed by atoms with Crippen molar-refractivity contribution in [3.63, 3.8) is 0 Å². The molecule has 0 radical (unpaired) electrons. The van der Waals surface area contributed by atoms with E-state index in [1.807, 2.05) is 0 Å². The quantitative estimate of drug-likeness (QED) is 0.628. The van der Waals surface area contributed by atoms with E-state index in [1.54, 1.807) is 0 Å². The molecule has 0 aromatic heterocycles. The van der Waals surface area contributed by atoms with Crippen molar-refractivity contribution in [1.82, 2.24) is 5.32 Å². The first-order valence-corrected chi connectivity index (χ1v) is 5.27. The van der Waals surface area contributed by atoms with E-state index in [-0.39, 0.29) is 30.9 Å². The van der Waals surface area contributed by atoms with E-state index in [2.05, 4.69) is 5.32 Å². The van der Waals surface area contributed by atoms with Gasteiger partial charge in [0, 0.05) is 12.5 Å². The maximum absolute atomic E-state index is 11.3. The Morgan fingerprint density at radius 1 is 1.27 bits per heavy atom. The van der Waals surface area contributed by atoms with Crippen LogP contribution in [0.4, 0.5) is 0 Å². The largest absolute Gasteiger partial charge is 0.481 e. The van der Waals surface area contributed by atoms with Crippen molar-refractivity contribution in [2.24, 2.45) is 0 Å². The molecule has 0 aromatic carbocycles. The normalized spacial score (nSPS) is 25.9. The molecule has 0 aliphatic heterocycles. The second-order valence-corrected chi connectivity index (χ2v) is 3.98. The molecule has 1 aliphatic carbocycles. The average Bonchev–Trinajstić information content (AvgIpc) is 2.15. The molecule has 5 heteroatoms. The Hall–Kier alpha value is -1.10. The van der Waals surface area contributed by atoms with Crippen molar-refractivity contribution in [2.45, 2.75) is 50.7 Å². The van der Waals surface area contributed by atoms with Gasteiger partial charge in [0.05, 0.1) is 12.5 Å². The van der Waals surface area contributed by atoms with Crippen LogP contribution < -0.4 is 5.32 Å². The van der Waals surface area contributed by atoms with Gasteiger partial charge in [-0.1, -0.05) is 0 Å². The highest BCUT2D eigenvalue weighted by molar-refractivity contribution is 5.80. The molecular weight excluding hydrogens is 198 g/mol. The molecule has 0 spiro atoms. The summed E-state index contributed by atoms with van der Waals surface area (Å²) in [5.74, 6) is -1.20. The van der Waals surface area contributed by atoms with Gasteiger partial charge >= 0.3 is 5.97 Å². The lowest BCUT2D eigenvalue weighted by Crippen LogP contribution is -2.39. The van der Waals surface area contributed by atoms with Crippen LogP contribution in [0.5, 0.6) is 0 Å². The summed E-state index contributed by atoms with van der Waals surface area (Å²) in [5, 5.41) is 20.5. The van der Waals surface area contributed by atoms with E-state index >= 15 is 0 Å². The van der Waals surface area contributed by atoms with Gasteiger partial charge in [-0.25, -0.2) is 0 Å². The second kappa shape index (κ2) is 5.70. The summed E-state index contributed by atoms with van der Waals surface area (Å²) in [6.07, 6.45) is 2.70. The minimum Gasteiger partial charge on any atom is -0.481 e. The summed E-state index contributed by atoms with van der Waals surface area (Å²) in [6, 6.07) is 0.00930. The van der Waals surface area contributed by atoms with Gasteiger partial charge in [-0.3, -0.25) is 9.59 Å². The molecule has 0 saturated heterocycles. The van der Waals surface area contributed by atoms with Gasteiger partial charge in [-0.05, 0) is 25.7 Å². The molecule has 3 N–H and O–H groups in total. The number of nitrogens with one attached hydrogen (secondary N) is 1. The van der Waals surface area contributed by atoms with Gasteiger partial charge in [0.25, 0.3) is 0 Å². The summed E-state index contributed by atoms with van der Waals surface area (Å²) < 4.78 is 0. The van der Waals surface area contributed by atoms with E-state index in [0.29, 0.717) is 6.42 Å². The Bertz CT molecular complexity index is 242. The highest BCUT2D eigenvalue weighted by Crippen LogP contribution is 2.18. The predicted octanol–water partition coefficient (Wildman–Crippen LogP) is 0.271. The van der Waals surface area contributed by atoms with Gasteiger partial charge in [-0.15, -0.1) is 0 Å². The van der Waals surface area contributed by atoms with Crippen molar-refractivity contribution >= 4 is 11.9 Å². The SMILES string of the molecule is O=C(O)CCC(=O)NC1CCCC(O)C1. The first-order valence-electron chi connectivity index (χ1n) is 5.27. The third kappa shape index (κ3) is 4.78. The third-order valence-electron chi connectivity index (χ3n) is 2.58. The number of carbonyl (C=O) groups excluding carboxylic acids is 1. The monoisotopic (exact) mass is 215 g/mol. The topological polar surface area (TPSA) is 86.6 Å². The molecule has 5 nitrogen and oxygen atoms in total. The highest BCUT2D eigenvalue weighted by atomic mass is 16.4. The molecule has 1 amide bonds. The van der Waals surface area contributed by atoms with Gasteiger partial charge in [-0.2, -0.15) is 0 Å². The Morgan fingerprint density at radius 2 is 2.00 bits per heavy atom. The van der Waals surface area contributed by atoms with E-state index in [4.69, 9.17) is 5.11 Å². The molecule has 2 unspecified atom stereocenters. The van der Waals surface area contributed by atoms with Crippen LogP contribution in [-0.4, -0.2) is 34.2 Å². The summed E-state index contributed by atoms with van der Waals surface area (Å²) >= 11 is 0. The number of hydrogen-bond donors (Lipinski definition) is 3. The Morgan fingerprint density at radius 3 is 2.60 bits per heavy atom. The van der Waals surface area contributed by atoms with Crippen LogP contribution >= 0.6 is 0 Å². The van der Waals surface area contributed by atoms with Crippen LogP contribution in [0.2, 0.25) is 0 Å². The smallest absolute Gasteiger partial charge is 0.303 e. The fraction of sp³-hybridized carbons (Fsp3) is 0.800. The molecule has 1 saturated carbocycles. The number of aliphatic hydroxyl groups excluding tert-OH is 1. The zero-order valence-electron chi connectivity index (χ0n) is 8.61. The molecule has 0 aromatic rings. The van der Waals surface area contributed by atoms with E-state index < -0.39 is 5.97 Å². The van der Waals surface area contributed by atoms with Crippen LogP contribution in [0.25, 0.3) is 0 Å². The highest BCUT2D eigenvalue weighted by Gasteiger charge is 2.21. The predicted molar refractivity (Wildman–Crippen MR) is 53.3 cm³/mol. The Labute approximate surface area is 88.5 Å². The molecule has 0 bridgehead atoms. The number of carbonyl (C=O) groups is 2. The Balaban J connectivity index is 2.22. The Kier molecular flexibility index (Phi) is 4.55. The standard InChI is InChI=1S/C10H17NO4/c12-8-3-1-2-7(6-8)11-9(13)4-5-10(14)15/h7-8,12H,1-6H2,(H,11,13)(H,14,15). The van der Waals surface area contributed by atoms with Crippen LogP contribution in [-0.2, 0) is 9.59 Å². The first-order chi connectivity index (χ1) is 7.08. The van der Waals surface area contributed by atoms with E-state index in [0.717, 1.165) is 19.3 Å². The molecule has 86 valence electrons. The lowest BCUT2D eigenvalue weighted by molar-refractivity contribution is -0.139. The van der Waals surface area contributed by atoms with Crippen molar-refractivity contribution in [2.75, 3.05) is 0 Å². The van der Waals surface area contributed by atoms with Gasteiger partial charge in [0.1, 0.15) is 0 Å². The summed E-state index contributed by atoms with van der Waals surface area (Å²) in [7, 11) is 0. The minimum atomic E-state index is -0.964. The van der Waals surface area contributed by atoms with Gasteiger partial charge in [0.15, 0.2) is 0 Å². The molecule has 15 heavy (non-hydrogen) atoms. The van der Waals surface area contributed by atoms with Crippen LogP contribution in [0, 0.1) is 0 Å². The number of rotatable bonds is 4. The first kappa shape index (κ1) is 12.0. The van der Waals surface area contributed by atoms with Crippen LogP contribution in [0.1, 0.15) is 38.5 Å². The third-order valence-corrected chi connectivity index (χ3v) is 2.58. The lowest BCUT2D eigenvalue weighted by Gasteiger charge is -2.26. The van der Waals surface area contributed by atoms with Crippen molar-refractivity contribution in [3.8, 4) is 0 Å². The zero-order valence-corrected chi connectivity index (χ0v) is 8.61. The molecule has 0 heterocycles. The molecule has 2 atom stereocenters. The fourth-order valence-corrected chi connectivity index (χ4v) is 1.82. The van der Waals surface area contributed by atoms with Crippen molar-refractivity contribution in [1.29, 1.82) is 0 Å². The average molecular weight is 215 g/mol. The molecule has 1 fully saturated rings. The molecule has 1 aliphatic rings. The maximum Gasteiger partial charge on any atom is 0.303 e. The number of aliphatic hydroxyl groups is 1. The van der Waals surface area contributed by atoms with Crippen LogP contribution in [0.3, 0.4) is 0 Å². The van der Waals surface area contributed by atoms with E-state index in [1.165, 1.54) is 0 Å². The number of aliphatic carboxylic acids is 1. The van der Waals surface area contributed by atoms with Crippen LogP contribution in [0.15, 0.2) is 0 Å². The van der Waals surface area contributed by atoms with Crippen molar-refractivity contribution < 1.29 is 19.8 Å². The maximum atomic E-state index is 11.3. The number of hydrogen-bond acceptors (Lipinski definition) is 3. The van der Waals surface area contributed by atoms with Gasteiger partial charge in [0.2, 0.25) is 5.91 Å². The lowest BCUT2D eigenvalue weighted by atomic mass is 9.93. The number of carboxylic acids is 1. The van der Waals surface area contributed by atoms with Crippen molar-refractivity contribution in [3.05, 3.63) is 0 Å². The number of amides is 1.